The zero-order valence-electron chi connectivity index (χ0n) is 13.3. The largest absolute Gasteiger partial charge is 0.507 e. The van der Waals surface area contributed by atoms with Crippen molar-refractivity contribution in [3.63, 3.8) is 0 Å². The van der Waals surface area contributed by atoms with Crippen LogP contribution in [0.5, 0.6) is 5.75 Å². The van der Waals surface area contributed by atoms with Gasteiger partial charge in [-0.15, -0.1) is 0 Å². The normalized spacial score (nSPS) is 32.7. The summed E-state index contributed by atoms with van der Waals surface area (Å²) in [7, 11) is 1.03. The van der Waals surface area contributed by atoms with Gasteiger partial charge in [-0.05, 0) is 6.07 Å². The van der Waals surface area contributed by atoms with Crippen LogP contribution in [0.4, 0.5) is 0 Å². The summed E-state index contributed by atoms with van der Waals surface area (Å²) in [5.74, 6) is -3.75. The number of benzene rings is 1. The Bertz CT molecular complexity index is 632. The standard InChI is InChI=1S/C16H20O9/c1-23-15(21)13-11(18)12(19)14(20)16(22,25-13)24-8-4-6-9-5-2-3-7-10(9)17/h2-7,11-14,17-20,22H,8H2,1H3/t11-,12-,13-,14+,16+/m0/s1. The van der Waals surface area contributed by atoms with Gasteiger partial charge in [0.1, 0.15) is 18.0 Å². The van der Waals surface area contributed by atoms with Crippen LogP contribution in [0.1, 0.15) is 5.56 Å². The molecule has 5 atom stereocenters. The lowest BCUT2D eigenvalue weighted by Crippen LogP contribution is -2.67. The summed E-state index contributed by atoms with van der Waals surface area (Å²) in [6, 6.07) is 6.49. The van der Waals surface area contributed by atoms with Gasteiger partial charge in [0.2, 0.25) is 0 Å². The van der Waals surface area contributed by atoms with E-state index in [0.717, 1.165) is 7.11 Å². The molecule has 1 aliphatic rings. The number of aromatic hydroxyl groups is 1. The average Bonchev–Trinajstić information content (AvgIpc) is 2.61. The molecule has 9 nitrogen and oxygen atoms in total. The molecular formula is C16H20O9. The molecule has 2 rings (SSSR count). The van der Waals surface area contributed by atoms with Gasteiger partial charge < -0.3 is 39.7 Å². The van der Waals surface area contributed by atoms with Gasteiger partial charge >= 0.3 is 11.9 Å². The van der Waals surface area contributed by atoms with E-state index < -0.39 is 36.4 Å². The van der Waals surface area contributed by atoms with Crippen LogP contribution in [-0.2, 0) is 19.0 Å². The topological polar surface area (TPSA) is 146 Å². The molecule has 1 aliphatic heterocycles. The van der Waals surface area contributed by atoms with Crippen molar-refractivity contribution in [2.24, 2.45) is 0 Å². The van der Waals surface area contributed by atoms with Crippen LogP contribution < -0.4 is 0 Å². The van der Waals surface area contributed by atoms with Gasteiger partial charge in [-0.2, -0.15) is 0 Å². The van der Waals surface area contributed by atoms with Gasteiger partial charge in [0, 0.05) is 5.56 Å². The quantitative estimate of drug-likeness (QED) is 0.322. The van der Waals surface area contributed by atoms with Gasteiger partial charge in [0.15, 0.2) is 12.2 Å². The third-order valence-electron chi connectivity index (χ3n) is 3.71. The van der Waals surface area contributed by atoms with E-state index in [0.29, 0.717) is 5.56 Å². The number of aliphatic hydroxyl groups excluding tert-OH is 3. The Morgan fingerprint density at radius 3 is 2.60 bits per heavy atom. The highest BCUT2D eigenvalue weighted by Gasteiger charge is 2.56. The smallest absolute Gasteiger partial charge is 0.338 e. The molecule has 138 valence electrons. The third kappa shape index (κ3) is 4.15. The summed E-state index contributed by atoms with van der Waals surface area (Å²) in [5, 5.41) is 49.3. The SMILES string of the molecule is COC(=O)[C@H]1O[C@](O)(OCC=Cc2ccccc2O)[C@H](O)[C@@H](O)[C@@H]1O. The van der Waals surface area contributed by atoms with Crippen molar-refractivity contribution >= 4 is 12.0 Å². The second-order valence-corrected chi connectivity index (χ2v) is 5.39. The van der Waals surface area contributed by atoms with Crippen molar-refractivity contribution in [2.45, 2.75) is 30.4 Å². The lowest BCUT2D eigenvalue weighted by Gasteiger charge is -2.43. The highest BCUT2D eigenvalue weighted by molar-refractivity contribution is 5.75. The minimum atomic E-state index is -2.74. The highest BCUT2D eigenvalue weighted by Crippen LogP contribution is 2.30. The predicted molar refractivity (Wildman–Crippen MR) is 83.0 cm³/mol. The van der Waals surface area contributed by atoms with E-state index in [1.807, 2.05) is 0 Å². The van der Waals surface area contributed by atoms with Crippen molar-refractivity contribution in [1.82, 2.24) is 0 Å². The Morgan fingerprint density at radius 2 is 1.96 bits per heavy atom. The minimum absolute atomic E-state index is 0.0377. The second-order valence-electron chi connectivity index (χ2n) is 5.39. The number of hydrogen-bond donors (Lipinski definition) is 5. The monoisotopic (exact) mass is 356 g/mol. The summed E-state index contributed by atoms with van der Waals surface area (Å²) in [4.78, 5) is 11.6. The maximum absolute atomic E-state index is 11.6. The maximum atomic E-state index is 11.6. The molecule has 0 saturated carbocycles. The number of ether oxygens (including phenoxy) is 3. The molecule has 0 spiro atoms. The number of esters is 1. The fourth-order valence-corrected chi connectivity index (χ4v) is 2.30. The molecule has 0 bridgehead atoms. The molecular weight excluding hydrogens is 336 g/mol. The number of methoxy groups -OCH3 is 1. The lowest BCUT2D eigenvalue weighted by molar-refractivity contribution is -0.440. The van der Waals surface area contributed by atoms with E-state index >= 15 is 0 Å². The predicted octanol–water partition coefficient (Wildman–Crippen LogP) is -1.28. The third-order valence-corrected chi connectivity index (χ3v) is 3.71. The molecule has 1 aromatic carbocycles. The molecule has 0 radical (unpaired) electrons. The fourth-order valence-electron chi connectivity index (χ4n) is 2.30. The average molecular weight is 356 g/mol. The first kappa shape index (κ1) is 19.3. The first-order chi connectivity index (χ1) is 11.8. The number of phenolic OH excluding ortho intramolecular Hbond substituents is 1. The van der Waals surface area contributed by atoms with Crippen molar-refractivity contribution in [3.8, 4) is 5.75 Å². The molecule has 5 N–H and O–H groups in total. The molecule has 1 saturated heterocycles. The molecule has 0 aromatic heterocycles. The number of rotatable bonds is 5. The van der Waals surface area contributed by atoms with E-state index in [-0.39, 0.29) is 12.4 Å². The van der Waals surface area contributed by atoms with Crippen LogP contribution in [-0.4, -0.2) is 75.6 Å². The molecule has 0 amide bonds. The summed E-state index contributed by atoms with van der Waals surface area (Å²) in [6.07, 6.45) is -4.56. The minimum Gasteiger partial charge on any atom is -0.507 e. The lowest BCUT2D eigenvalue weighted by atomic mass is 9.97. The maximum Gasteiger partial charge on any atom is 0.338 e. The molecule has 1 aromatic rings. The molecule has 0 unspecified atom stereocenters. The number of hydrogen-bond acceptors (Lipinski definition) is 9. The zero-order valence-corrected chi connectivity index (χ0v) is 13.3. The number of carbonyl (C=O) groups is 1. The molecule has 1 fully saturated rings. The van der Waals surface area contributed by atoms with Gasteiger partial charge in [-0.3, -0.25) is 0 Å². The number of phenols is 1. The van der Waals surface area contributed by atoms with Crippen LogP contribution in [0.3, 0.4) is 0 Å². The van der Waals surface area contributed by atoms with Crippen molar-refractivity contribution in [3.05, 3.63) is 35.9 Å². The Kier molecular flexibility index (Phi) is 6.11. The number of carbonyl (C=O) groups excluding carboxylic acids is 1. The van der Waals surface area contributed by atoms with Crippen molar-refractivity contribution in [2.75, 3.05) is 13.7 Å². The second kappa shape index (κ2) is 7.91. The first-order valence-corrected chi connectivity index (χ1v) is 7.41. The van der Waals surface area contributed by atoms with E-state index in [2.05, 4.69) is 4.74 Å². The Labute approximate surface area is 143 Å². The van der Waals surface area contributed by atoms with Crippen LogP contribution >= 0.6 is 0 Å². The Hall–Kier alpha value is -2.01. The highest BCUT2D eigenvalue weighted by atomic mass is 16.8. The number of para-hydroxylation sites is 1. The Balaban J connectivity index is 2.05. The summed E-state index contributed by atoms with van der Waals surface area (Å²) >= 11 is 0. The van der Waals surface area contributed by atoms with Crippen LogP contribution in [0.15, 0.2) is 30.3 Å². The van der Waals surface area contributed by atoms with Gasteiger partial charge in [0.25, 0.3) is 0 Å². The fraction of sp³-hybridized carbons (Fsp3) is 0.438. The Morgan fingerprint density at radius 1 is 1.28 bits per heavy atom. The molecule has 1 heterocycles. The molecule has 0 aliphatic carbocycles. The van der Waals surface area contributed by atoms with E-state index in [4.69, 9.17) is 9.47 Å². The van der Waals surface area contributed by atoms with Gasteiger partial charge in [-0.1, -0.05) is 30.4 Å². The van der Waals surface area contributed by atoms with Crippen LogP contribution in [0, 0.1) is 0 Å². The van der Waals surface area contributed by atoms with Crippen molar-refractivity contribution in [1.29, 1.82) is 0 Å². The molecule has 9 heteroatoms. The van der Waals surface area contributed by atoms with E-state index in [1.165, 1.54) is 18.2 Å². The van der Waals surface area contributed by atoms with E-state index in [9.17, 15) is 30.3 Å². The number of aliphatic hydroxyl groups is 4. The first-order valence-electron chi connectivity index (χ1n) is 7.41. The van der Waals surface area contributed by atoms with Gasteiger partial charge in [-0.25, -0.2) is 4.79 Å². The van der Waals surface area contributed by atoms with Gasteiger partial charge in [0.05, 0.1) is 13.7 Å². The molecule has 25 heavy (non-hydrogen) atoms. The van der Waals surface area contributed by atoms with E-state index in [1.54, 1.807) is 18.2 Å². The summed E-state index contributed by atoms with van der Waals surface area (Å²) in [5.41, 5.74) is 0.492. The summed E-state index contributed by atoms with van der Waals surface area (Å²) < 4.78 is 14.3. The zero-order chi connectivity index (χ0) is 18.6. The summed E-state index contributed by atoms with van der Waals surface area (Å²) in [6.45, 7) is -0.293. The van der Waals surface area contributed by atoms with Crippen molar-refractivity contribution < 1.29 is 44.5 Å². The van der Waals surface area contributed by atoms with Crippen LogP contribution in [0.2, 0.25) is 0 Å². The van der Waals surface area contributed by atoms with Crippen LogP contribution in [0.25, 0.3) is 6.08 Å².